The number of nitrogens with zero attached hydrogens (tertiary/aromatic N) is 1. The van der Waals surface area contributed by atoms with Gasteiger partial charge in [-0.1, -0.05) is 30.3 Å². The Bertz CT molecular complexity index is 1260. The zero-order valence-electron chi connectivity index (χ0n) is 18.4. The Kier molecular flexibility index (Phi) is 6.90. The molecule has 1 N–H and O–H groups in total. The number of furan rings is 1. The van der Waals surface area contributed by atoms with Crippen LogP contribution in [0.15, 0.2) is 82.3 Å². The minimum atomic E-state index is -0.449. The van der Waals surface area contributed by atoms with Crippen LogP contribution in [0.1, 0.15) is 28.6 Å². The van der Waals surface area contributed by atoms with E-state index in [0.717, 1.165) is 22.3 Å². The fourth-order valence-electron chi connectivity index (χ4n) is 3.23. The van der Waals surface area contributed by atoms with Gasteiger partial charge in [-0.25, -0.2) is 5.43 Å². The number of amides is 1. The van der Waals surface area contributed by atoms with Gasteiger partial charge in [0.25, 0.3) is 0 Å². The van der Waals surface area contributed by atoms with Crippen molar-refractivity contribution in [2.45, 2.75) is 13.5 Å². The predicted molar refractivity (Wildman–Crippen MR) is 126 cm³/mol. The standard InChI is InChI=1S/C26H24N2O5/c1-3-31-21-10-12-22-20(14-21)15-25(33-22)26(29)28-27-16-19-9-11-23(24(13-19)30-2)32-17-18-7-5-4-6-8-18/h4-16H,3,17H2,1-2H3,(H,28,29)/b27-16+. The maximum atomic E-state index is 12.4. The lowest BCUT2D eigenvalue weighted by Crippen LogP contribution is -2.16. The molecule has 0 saturated carbocycles. The summed E-state index contributed by atoms with van der Waals surface area (Å²) in [4.78, 5) is 12.4. The van der Waals surface area contributed by atoms with Gasteiger partial charge >= 0.3 is 5.91 Å². The first-order valence-electron chi connectivity index (χ1n) is 10.5. The molecule has 0 fully saturated rings. The topological polar surface area (TPSA) is 82.3 Å². The summed E-state index contributed by atoms with van der Waals surface area (Å²) in [5.41, 5.74) is 4.88. The second-order valence-electron chi connectivity index (χ2n) is 7.13. The molecule has 0 aliphatic rings. The number of fused-ring (bicyclic) bond motifs is 1. The summed E-state index contributed by atoms with van der Waals surface area (Å²) in [7, 11) is 1.58. The van der Waals surface area contributed by atoms with Crippen LogP contribution >= 0.6 is 0 Å². The van der Waals surface area contributed by atoms with Crippen LogP contribution in [0, 0.1) is 0 Å². The lowest BCUT2D eigenvalue weighted by Gasteiger charge is -2.11. The number of hydrazone groups is 1. The smallest absolute Gasteiger partial charge is 0.307 e. The van der Waals surface area contributed by atoms with Crippen molar-refractivity contribution >= 4 is 23.1 Å². The van der Waals surface area contributed by atoms with Crippen LogP contribution in [0.3, 0.4) is 0 Å². The second kappa shape index (κ2) is 10.4. The maximum Gasteiger partial charge on any atom is 0.307 e. The summed E-state index contributed by atoms with van der Waals surface area (Å²) >= 11 is 0. The van der Waals surface area contributed by atoms with E-state index in [1.54, 1.807) is 37.4 Å². The lowest BCUT2D eigenvalue weighted by molar-refractivity contribution is 0.0929. The van der Waals surface area contributed by atoms with Gasteiger partial charge in [0.1, 0.15) is 17.9 Å². The van der Waals surface area contributed by atoms with Crippen molar-refractivity contribution < 1.29 is 23.4 Å². The van der Waals surface area contributed by atoms with Crippen LogP contribution in [0.4, 0.5) is 0 Å². The molecule has 1 heterocycles. The van der Waals surface area contributed by atoms with Crippen LogP contribution in [-0.2, 0) is 6.61 Å². The Balaban J connectivity index is 1.39. The molecule has 33 heavy (non-hydrogen) atoms. The van der Waals surface area contributed by atoms with E-state index < -0.39 is 5.91 Å². The van der Waals surface area contributed by atoms with Crippen molar-refractivity contribution in [3.8, 4) is 17.2 Å². The maximum absolute atomic E-state index is 12.4. The Morgan fingerprint density at radius 1 is 1.00 bits per heavy atom. The fourth-order valence-corrected chi connectivity index (χ4v) is 3.23. The van der Waals surface area contributed by atoms with Crippen molar-refractivity contribution in [1.82, 2.24) is 5.43 Å². The van der Waals surface area contributed by atoms with E-state index in [-0.39, 0.29) is 5.76 Å². The molecule has 3 aromatic carbocycles. The predicted octanol–water partition coefficient (Wildman–Crippen LogP) is 5.18. The van der Waals surface area contributed by atoms with E-state index in [9.17, 15) is 4.79 Å². The van der Waals surface area contributed by atoms with Gasteiger partial charge in [-0.2, -0.15) is 5.10 Å². The Morgan fingerprint density at radius 3 is 2.64 bits per heavy atom. The van der Waals surface area contributed by atoms with Crippen LogP contribution in [0.5, 0.6) is 17.2 Å². The lowest BCUT2D eigenvalue weighted by atomic mass is 10.2. The molecule has 1 aromatic heterocycles. The molecule has 4 rings (SSSR count). The van der Waals surface area contributed by atoms with Gasteiger partial charge in [0, 0.05) is 5.39 Å². The van der Waals surface area contributed by atoms with Crippen LogP contribution < -0.4 is 19.6 Å². The zero-order chi connectivity index (χ0) is 23.0. The summed E-state index contributed by atoms with van der Waals surface area (Å²) in [6, 6.07) is 22.4. The number of hydrogen-bond acceptors (Lipinski definition) is 6. The molecular weight excluding hydrogens is 420 g/mol. The first-order chi connectivity index (χ1) is 16.2. The summed E-state index contributed by atoms with van der Waals surface area (Å²) in [5.74, 6) is 1.63. The third-order valence-corrected chi connectivity index (χ3v) is 4.83. The number of nitrogens with one attached hydrogen (secondary N) is 1. The van der Waals surface area contributed by atoms with Crippen molar-refractivity contribution in [2.24, 2.45) is 5.10 Å². The van der Waals surface area contributed by atoms with Gasteiger partial charge in [0.15, 0.2) is 17.3 Å². The molecule has 0 aliphatic carbocycles. The molecule has 0 aliphatic heterocycles. The van der Waals surface area contributed by atoms with Gasteiger partial charge in [-0.05, 0) is 60.5 Å². The van der Waals surface area contributed by atoms with Crippen LogP contribution in [0.2, 0.25) is 0 Å². The van der Waals surface area contributed by atoms with E-state index in [1.165, 1.54) is 6.21 Å². The molecule has 168 valence electrons. The molecule has 7 nitrogen and oxygen atoms in total. The monoisotopic (exact) mass is 444 g/mol. The van der Waals surface area contributed by atoms with Crippen molar-refractivity contribution in [1.29, 1.82) is 0 Å². The number of carbonyl (C=O) groups is 1. The SMILES string of the molecule is CCOc1ccc2oc(C(=O)N/N=C/c3ccc(OCc4ccccc4)c(OC)c3)cc2c1. The first-order valence-corrected chi connectivity index (χ1v) is 10.5. The summed E-state index contributed by atoms with van der Waals surface area (Å²) in [6.45, 7) is 2.91. The van der Waals surface area contributed by atoms with Crippen molar-refractivity contribution in [3.05, 3.63) is 89.7 Å². The molecule has 7 heteroatoms. The molecule has 0 unspecified atom stereocenters. The third-order valence-electron chi connectivity index (χ3n) is 4.83. The molecule has 0 saturated heterocycles. The van der Waals surface area contributed by atoms with E-state index in [0.29, 0.717) is 30.3 Å². The molecule has 0 radical (unpaired) electrons. The highest BCUT2D eigenvalue weighted by Gasteiger charge is 2.12. The van der Waals surface area contributed by atoms with Crippen LogP contribution in [-0.4, -0.2) is 25.8 Å². The highest BCUT2D eigenvalue weighted by molar-refractivity contribution is 5.96. The van der Waals surface area contributed by atoms with E-state index in [2.05, 4.69) is 10.5 Å². The minimum absolute atomic E-state index is 0.165. The van der Waals surface area contributed by atoms with Gasteiger partial charge in [0.2, 0.25) is 0 Å². The average Bonchev–Trinajstić information content (AvgIpc) is 3.27. The second-order valence-corrected chi connectivity index (χ2v) is 7.13. The number of hydrogen-bond donors (Lipinski definition) is 1. The average molecular weight is 444 g/mol. The largest absolute Gasteiger partial charge is 0.494 e. The van der Waals surface area contributed by atoms with Gasteiger partial charge in [-0.3, -0.25) is 4.79 Å². The van der Waals surface area contributed by atoms with Gasteiger partial charge < -0.3 is 18.6 Å². The normalized spacial score (nSPS) is 11.0. The summed E-state index contributed by atoms with van der Waals surface area (Å²) < 4.78 is 22.4. The molecular formula is C26H24N2O5. The third kappa shape index (κ3) is 5.51. The zero-order valence-corrected chi connectivity index (χ0v) is 18.4. The number of methoxy groups -OCH3 is 1. The summed E-state index contributed by atoms with van der Waals surface area (Å²) in [5, 5.41) is 4.81. The van der Waals surface area contributed by atoms with Crippen LogP contribution in [0.25, 0.3) is 11.0 Å². The quantitative estimate of drug-likeness (QED) is 0.284. The van der Waals surface area contributed by atoms with Crippen molar-refractivity contribution in [2.75, 3.05) is 13.7 Å². The van der Waals surface area contributed by atoms with Gasteiger partial charge in [0.05, 0.1) is 19.9 Å². The first kappa shape index (κ1) is 22.0. The molecule has 0 spiro atoms. The highest BCUT2D eigenvalue weighted by Crippen LogP contribution is 2.28. The molecule has 0 atom stereocenters. The number of benzene rings is 3. The minimum Gasteiger partial charge on any atom is -0.494 e. The van der Waals surface area contributed by atoms with E-state index in [1.807, 2.05) is 49.4 Å². The summed E-state index contributed by atoms with van der Waals surface area (Å²) in [6.07, 6.45) is 1.53. The van der Waals surface area contributed by atoms with E-state index in [4.69, 9.17) is 18.6 Å². The number of ether oxygens (including phenoxy) is 3. The highest BCUT2D eigenvalue weighted by atomic mass is 16.5. The number of carbonyl (C=O) groups excluding carboxylic acids is 1. The molecule has 0 bridgehead atoms. The number of rotatable bonds is 9. The van der Waals surface area contributed by atoms with Gasteiger partial charge in [-0.15, -0.1) is 0 Å². The molecule has 4 aromatic rings. The Hall–Kier alpha value is -4.26. The van der Waals surface area contributed by atoms with E-state index >= 15 is 0 Å². The Labute approximate surface area is 191 Å². The fraction of sp³-hybridized carbons (Fsp3) is 0.154. The Morgan fingerprint density at radius 2 is 1.85 bits per heavy atom. The van der Waals surface area contributed by atoms with Crippen molar-refractivity contribution in [3.63, 3.8) is 0 Å². The molecule has 1 amide bonds.